The molecule has 7 heteroatoms. The Morgan fingerprint density at radius 2 is 1.85 bits per heavy atom. The number of nitrogens with one attached hydrogen (secondary N) is 1. The Morgan fingerprint density at radius 1 is 1.19 bits per heavy atom. The molecule has 0 aromatic heterocycles. The average Bonchev–Trinajstić information content (AvgIpc) is 3.08. The van der Waals surface area contributed by atoms with E-state index >= 15 is 0 Å². The molecular weight excluding hydrogens is 373 g/mol. The number of carbonyl (C=O) groups is 1. The molecule has 2 fully saturated rings. The van der Waals surface area contributed by atoms with Crippen LogP contribution in [0.25, 0.3) is 0 Å². The molecule has 26 heavy (non-hydrogen) atoms. The van der Waals surface area contributed by atoms with Crippen LogP contribution in [0.3, 0.4) is 0 Å². The van der Waals surface area contributed by atoms with E-state index in [0.717, 1.165) is 58.8 Å². The summed E-state index contributed by atoms with van der Waals surface area (Å²) in [5, 5.41) is 3.40. The highest BCUT2D eigenvalue weighted by molar-refractivity contribution is 5.85. The van der Waals surface area contributed by atoms with Gasteiger partial charge in [-0.05, 0) is 57.3 Å². The zero-order valence-corrected chi connectivity index (χ0v) is 18.4. The Kier molecular flexibility index (Phi) is 14.0. The van der Waals surface area contributed by atoms with Gasteiger partial charge < -0.3 is 19.9 Å². The van der Waals surface area contributed by atoms with Gasteiger partial charge in [-0.25, -0.2) is 0 Å². The van der Waals surface area contributed by atoms with Crippen LogP contribution in [0.15, 0.2) is 0 Å². The number of likely N-dealkylation sites (tertiary alicyclic amines) is 1. The summed E-state index contributed by atoms with van der Waals surface area (Å²) in [6.45, 7) is 14.4. The van der Waals surface area contributed by atoms with Crippen LogP contribution in [0, 0.1) is 11.8 Å². The van der Waals surface area contributed by atoms with Crippen molar-refractivity contribution in [2.75, 3.05) is 52.4 Å². The van der Waals surface area contributed by atoms with Crippen molar-refractivity contribution in [2.45, 2.75) is 52.6 Å². The quantitative estimate of drug-likeness (QED) is 0.633. The molecule has 2 heterocycles. The molecule has 0 aliphatic carbocycles. The van der Waals surface area contributed by atoms with Gasteiger partial charge in [0.2, 0.25) is 5.91 Å². The number of piperidine rings is 1. The molecule has 2 atom stereocenters. The van der Waals surface area contributed by atoms with Crippen LogP contribution in [0.1, 0.15) is 46.5 Å². The summed E-state index contributed by atoms with van der Waals surface area (Å²) >= 11 is 0. The number of rotatable bonds is 9. The average molecular weight is 412 g/mol. The van der Waals surface area contributed by atoms with E-state index in [1.165, 1.54) is 12.8 Å². The summed E-state index contributed by atoms with van der Waals surface area (Å²) in [5.41, 5.74) is 0. The molecule has 0 spiro atoms. The predicted molar refractivity (Wildman–Crippen MR) is 113 cm³/mol. The van der Waals surface area contributed by atoms with Gasteiger partial charge in [0, 0.05) is 26.1 Å². The summed E-state index contributed by atoms with van der Waals surface area (Å²) in [7, 11) is 0. The fourth-order valence-electron chi connectivity index (χ4n) is 3.96. The topological polar surface area (TPSA) is 44.8 Å². The standard InChI is InChI=1S/C19H37N3O2.2ClH/c1-4-21(5-2)12-13-24-18-8-11-22(15-18)19(23)14-16(3)17-6-9-20-10-7-17;;/h16-18,20H,4-15H2,1-3H3;2*1H. The minimum Gasteiger partial charge on any atom is -0.375 e. The van der Waals surface area contributed by atoms with E-state index in [-0.39, 0.29) is 30.9 Å². The van der Waals surface area contributed by atoms with Crippen molar-refractivity contribution in [3.8, 4) is 0 Å². The summed E-state index contributed by atoms with van der Waals surface area (Å²) in [4.78, 5) is 17.0. The van der Waals surface area contributed by atoms with Gasteiger partial charge in [-0.15, -0.1) is 24.8 Å². The van der Waals surface area contributed by atoms with Gasteiger partial charge in [0.1, 0.15) is 0 Å². The van der Waals surface area contributed by atoms with E-state index in [0.29, 0.717) is 24.2 Å². The third kappa shape index (κ3) is 8.30. The SMILES string of the molecule is CCN(CC)CCOC1CCN(C(=O)CC(C)C2CCNCC2)C1.Cl.Cl. The van der Waals surface area contributed by atoms with Gasteiger partial charge in [-0.3, -0.25) is 4.79 Å². The Hall–Kier alpha value is -0.0700. The maximum Gasteiger partial charge on any atom is 0.222 e. The van der Waals surface area contributed by atoms with Crippen molar-refractivity contribution >= 4 is 30.7 Å². The molecular formula is C19H39Cl2N3O2. The summed E-state index contributed by atoms with van der Waals surface area (Å²) in [6.07, 6.45) is 4.36. The van der Waals surface area contributed by atoms with E-state index in [9.17, 15) is 4.79 Å². The number of hydrogen-bond acceptors (Lipinski definition) is 4. The number of halogens is 2. The maximum atomic E-state index is 12.6. The van der Waals surface area contributed by atoms with Crippen molar-refractivity contribution in [1.29, 1.82) is 0 Å². The largest absolute Gasteiger partial charge is 0.375 e. The molecule has 2 aliphatic rings. The molecule has 156 valence electrons. The van der Waals surface area contributed by atoms with Crippen LogP contribution in [-0.4, -0.2) is 74.2 Å². The van der Waals surface area contributed by atoms with Crippen molar-refractivity contribution in [3.63, 3.8) is 0 Å². The van der Waals surface area contributed by atoms with Crippen molar-refractivity contribution in [3.05, 3.63) is 0 Å². The molecule has 1 N–H and O–H groups in total. The number of amides is 1. The molecule has 0 aromatic carbocycles. The molecule has 0 bridgehead atoms. The lowest BCUT2D eigenvalue weighted by molar-refractivity contribution is -0.132. The van der Waals surface area contributed by atoms with Gasteiger partial charge in [-0.1, -0.05) is 20.8 Å². The van der Waals surface area contributed by atoms with Crippen LogP contribution in [-0.2, 0) is 9.53 Å². The van der Waals surface area contributed by atoms with E-state index in [2.05, 4.69) is 31.0 Å². The predicted octanol–water partition coefficient (Wildman–Crippen LogP) is 2.82. The lowest BCUT2D eigenvalue weighted by Crippen LogP contribution is -2.35. The number of hydrogen-bond donors (Lipinski definition) is 1. The van der Waals surface area contributed by atoms with Gasteiger partial charge in [0.15, 0.2) is 0 Å². The minimum atomic E-state index is 0. The lowest BCUT2D eigenvalue weighted by atomic mass is 9.84. The maximum absolute atomic E-state index is 12.6. The zero-order valence-electron chi connectivity index (χ0n) is 16.7. The third-order valence-corrected chi connectivity index (χ3v) is 5.84. The molecule has 2 rings (SSSR count). The summed E-state index contributed by atoms with van der Waals surface area (Å²) in [6, 6.07) is 0. The Balaban J connectivity index is 0.00000312. The van der Waals surface area contributed by atoms with Crippen LogP contribution in [0.4, 0.5) is 0 Å². The molecule has 2 aliphatic heterocycles. The number of carbonyl (C=O) groups excluding carboxylic acids is 1. The lowest BCUT2D eigenvalue weighted by Gasteiger charge is -2.29. The fraction of sp³-hybridized carbons (Fsp3) is 0.947. The zero-order chi connectivity index (χ0) is 17.4. The van der Waals surface area contributed by atoms with E-state index in [1.54, 1.807) is 0 Å². The summed E-state index contributed by atoms with van der Waals surface area (Å²) in [5.74, 6) is 1.54. The van der Waals surface area contributed by atoms with E-state index in [1.807, 2.05) is 4.90 Å². The molecule has 2 saturated heterocycles. The first kappa shape index (κ1) is 25.9. The number of nitrogens with zero attached hydrogens (tertiary/aromatic N) is 2. The molecule has 1 amide bonds. The first-order valence-electron chi connectivity index (χ1n) is 9.96. The van der Waals surface area contributed by atoms with E-state index in [4.69, 9.17) is 4.74 Å². The van der Waals surface area contributed by atoms with Crippen molar-refractivity contribution < 1.29 is 9.53 Å². The minimum absolute atomic E-state index is 0. The normalized spacial score (nSPS) is 22.0. The number of likely N-dealkylation sites (N-methyl/N-ethyl adjacent to an activating group) is 1. The Morgan fingerprint density at radius 3 is 2.46 bits per heavy atom. The second-order valence-corrected chi connectivity index (χ2v) is 7.42. The van der Waals surface area contributed by atoms with Crippen LogP contribution in [0.2, 0.25) is 0 Å². The van der Waals surface area contributed by atoms with Crippen molar-refractivity contribution in [1.82, 2.24) is 15.1 Å². The van der Waals surface area contributed by atoms with Crippen LogP contribution in [0.5, 0.6) is 0 Å². The highest BCUT2D eigenvalue weighted by Gasteiger charge is 2.29. The molecule has 2 unspecified atom stereocenters. The van der Waals surface area contributed by atoms with Gasteiger partial charge >= 0.3 is 0 Å². The highest BCUT2D eigenvalue weighted by Crippen LogP contribution is 2.26. The molecule has 5 nitrogen and oxygen atoms in total. The van der Waals surface area contributed by atoms with Gasteiger partial charge in [0.25, 0.3) is 0 Å². The van der Waals surface area contributed by atoms with Gasteiger partial charge in [-0.2, -0.15) is 0 Å². The fourth-order valence-corrected chi connectivity index (χ4v) is 3.96. The second-order valence-electron chi connectivity index (χ2n) is 7.42. The number of ether oxygens (including phenoxy) is 1. The van der Waals surface area contributed by atoms with Gasteiger partial charge in [0.05, 0.1) is 12.7 Å². The monoisotopic (exact) mass is 411 g/mol. The van der Waals surface area contributed by atoms with E-state index < -0.39 is 0 Å². The molecule has 0 aromatic rings. The summed E-state index contributed by atoms with van der Waals surface area (Å²) < 4.78 is 5.99. The van der Waals surface area contributed by atoms with Crippen LogP contribution < -0.4 is 5.32 Å². The molecule has 0 radical (unpaired) electrons. The Bertz CT molecular complexity index is 378. The first-order chi connectivity index (χ1) is 11.6. The molecule has 0 saturated carbocycles. The first-order valence-corrected chi connectivity index (χ1v) is 9.96. The highest BCUT2D eigenvalue weighted by atomic mass is 35.5. The second kappa shape index (κ2) is 14.0. The Labute approximate surface area is 172 Å². The third-order valence-electron chi connectivity index (χ3n) is 5.84. The van der Waals surface area contributed by atoms with Crippen molar-refractivity contribution in [2.24, 2.45) is 11.8 Å². The van der Waals surface area contributed by atoms with Crippen LogP contribution >= 0.6 is 24.8 Å². The smallest absolute Gasteiger partial charge is 0.222 e.